The number of hydrogen-bond donors (Lipinski definition) is 1. The van der Waals surface area contributed by atoms with E-state index in [1.807, 2.05) is 24.3 Å². The van der Waals surface area contributed by atoms with Crippen LogP contribution in [0.2, 0.25) is 0 Å². The van der Waals surface area contributed by atoms with Crippen molar-refractivity contribution in [2.24, 2.45) is 0 Å². The molecule has 0 amide bonds. The lowest BCUT2D eigenvalue weighted by Gasteiger charge is -2.07. The lowest BCUT2D eigenvalue weighted by Crippen LogP contribution is -2.02. The highest BCUT2D eigenvalue weighted by molar-refractivity contribution is 5.87. The zero-order valence-corrected chi connectivity index (χ0v) is 12.3. The second-order valence-corrected chi connectivity index (χ2v) is 5.01. The number of rotatable bonds is 4. The maximum atomic E-state index is 6.03. The lowest BCUT2D eigenvalue weighted by molar-refractivity contribution is 0.414. The molecule has 0 radical (unpaired) electrons. The summed E-state index contributed by atoms with van der Waals surface area (Å²) in [6, 6.07) is 14.0. The van der Waals surface area contributed by atoms with Crippen molar-refractivity contribution in [2.45, 2.75) is 19.9 Å². The molecule has 108 valence electrons. The third-order valence-electron chi connectivity index (χ3n) is 3.73. The topological polar surface area (TPSA) is 53.1 Å². The molecule has 2 aromatic carbocycles. The third kappa shape index (κ3) is 2.44. The number of anilines is 1. The number of nitrogens with two attached hydrogens (primary N) is 1. The molecule has 4 heteroatoms. The number of fused-ring (bicyclic) bond motifs is 1. The largest absolute Gasteiger partial charge is 0.497 e. The van der Waals surface area contributed by atoms with Crippen molar-refractivity contribution in [3.8, 4) is 5.75 Å². The van der Waals surface area contributed by atoms with Gasteiger partial charge in [0.15, 0.2) is 0 Å². The Kier molecular flexibility index (Phi) is 3.52. The van der Waals surface area contributed by atoms with Crippen molar-refractivity contribution in [3.63, 3.8) is 0 Å². The van der Waals surface area contributed by atoms with Gasteiger partial charge in [-0.3, -0.25) is 0 Å². The molecule has 3 rings (SSSR count). The van der Waals surface area contributed by atoms with Gasteiger partial charge in [-0.1, -0.05) is 18.2 Å². The van der Waals surface area contributed by atoms with Crippen LogP contribution < -0.4 is 10.5 Å². The van der Waals surface area contributed by atoms with E-state index < -0.39 is 0 Å². The Morgan fingerprint density at radius 1 is 1.14 bits per heavy atom. The fourth-order valence-electron chi connectivity index (χ4n) is 2.63. The second-order valence-electron chi connectivity index (χ2n) is 5.01. The van der Waals surface area contributed by atoms with Crippen LogP contribution in [0, 0.1) is 0 Å². The van der Waals surface area contributed by atoms with Gasteiger partial charge in [0.2, 0.25) is 0 Å². The van der Waals surface area contributed by atoms with Crippen LogP contribution in [-0.2, 0) is 13.0 Å². The van der Waals surface area contributed by atoms with Crippen molar-refractivity contribution in [1.29, 1.82) is 0 Å². The van der Waals surface area contributed by atoms with Gasteiger partial charge in [0.25, 0.3) is 0 Å². The van der Waals surface area contributed by atoms with Crippen LogP contribution in [0.1, 0.15) is 18.3 Å². The summed E-state index contributed by atoms with van der Waals surface area (Å²) in [7, 11) is 1.67. The van der Waals surface area contributed by atoms with Gasteiger partial charge in [0, 0.05) is 13.0 Å². The summed E-state index contributed by atoms with van der Waals surface area (Å²) in [6.07, 6.45) is 0.784. The predicted octanol–water partition coefficient (Wildman–Crippen LogP) is 3.24. The second kappa shape index (κ2) is 5.48. The van der Waals surface area contributed by atoms with E-state index in [-0.39, 0.29) is 0 Å². The van der Waals surface area contributed by atoms with Gasteiger partial charge in [0.1, 0.15) is 17.1 Å². The molecule has 0 aliphatic heterocycles. The molecule has 0 atom stereocenters. The van der Waals surface area contributed by atoms with Gasteiger partial charge < -0.3 is 15.0 Å². The smallest absolute Gasteiger partial charge is 0.118 e. The summed E-state index contributed by atoms with van der Waals surface area (Å²) < 4.78 is 7.41. The standard InChI is InChI=1S/C17H19N3O/c1-3-20-15-6-4-5-14(18)17(15)19-16(20)11-12-7-9-13(21-2)10-8-12/h4-10H,3,11,18H2,1-2H3. The molecule has 0 saturated carbocycles. The van der Waals surface area contributed by atoms with E-state index in [9.17, 15) is 0 Å². The molecule has 0 fully saturated rings. The molecule has 3 aromatic rings. The highest BCUT2D eigenvalue weighted by Crippen LogP contribution is 2.23. The molecule has 0 saturated heterocycles. The van der Waals surface area contributed by atoms with Gasteiger partial charge in [-0.25, -0.2) is 4.98 Å². The number of methoxy groups -OCH3 is 1. The maximum Gasteiger partial charge on any atom is 0.118 e. The number of aryl methyl sites for hydroxylation is 1. The summed E-state index contributed by atoms with van der Waals surface area (Å²) >= 11 is 0. The summed E-state index contributed by atoms with van der Waals surface area (Å²) in [4.78, 5) is 4.73. The zero-order chi connectivity index (χ0) is 14.8. The molecular formula is C17H19N3O. The number of benzene rings is 2. The van der Waals surface area contributed by atoms with E-state index in [2.05, 4.69) is 29.7 Å². The monoisotopic (exact) mass is 281 g/mol. The molecule has 0 bridgehead atoms. The van der Waals surface area contributed by atoms with Gasteiger partial charge in [-0.05, 0) is 36.8 Å². The van der Waals surface area contributed by atoms with Gasteiger partial charge in [0.05, 0.1) is 18.3 Å². The summed E-state index contributed by atoms with van der Waals surface area (Å²) in [5.74, 6) is 1.91. The number of imidazole rings is 1. The molecule has 1 aromatic heterocycles. The Morgan fingerprint density at radius 3 is 2.57 bits per heavy atom. The van der Waals surface area contributed by atoms with Gasteiger partial charge in [-0.2, -0.15) is 0 Å². The van der Waals surface area contributed by atoms with Crippen LogP contribution in [-0.4, -0.2) is 16.7 Å². The van der Waals surface area contributed by atoms with Crippen LogP contribution >= 0.6 is 0 Å². The Hall–Kier alpha value is -2.49. The first-order valence-electron chi connectivity index (χ1n) is 7.09. The fraction of sp³-hybridized carbons (Fsp3) is 0.235. The Labute approximate surface area is 124 Å². The van der Waals surface area contributed by atoms with Gasteiger partial charge in [-0.15, -0.1) is 0 Å². The SMILES string of the molecule is CCn1c(Cc2ccc(OC)cc2)nc2c(N)cccc21. The van der Waals surface area contributed by atoms with Gasteiger partial charge >= 0.3 is 0 Å². The summed E-state index contributed by atoms with van der Waals surface area (Å²) in [5, 5.41) is 0. The van der Waals surface area contributed by atoms with Crippen molar-refractivity contribution in [1.82, 2.24) is 9.55 Å². The highest BCUT2D eigenvalue weighted by atomic mass is 16.5. The van der Waals surface area contributed by atoms with E-state index >= 15 is 0 Å². The minimum Gasteiger partial charge on any atom is -0.497 e. The average Bonchev–Trinajstić information content (AvgIpc) is 2.87. The summed E-state index contributed by atoms with van der Waals surface area (Å²) in [6.45, 7) is 3.01. The third-order valence-corrected chi connectivity index (χ3v) is 3.73. The first-order chi connectivity index (χ1) is 10.2. The first-order valence-corrected chi connectivity index (χ1v) is 7.09. The molecule has 0 aliphatic rings. The molecule has 2 N–H and O–H groups in total. The van der Waals surface area contributed by atoms with E-state index in [4.69, 9.17) is 15.5 Å². The van der Waals surface area contributed by atoms with E-state index in [1.54, 1.807) is 7.11 Å². The number of hydrogen-bond acceptors (Lipinski definition) is 3. The van der Waals surface area contributed by atoms with E-state index in [0.29, 0.717) is 0 Å². The number of nitrogen functional groups attached to an aromatic ring is 1. The minimum absolute atomic E-state index is 0.732. The van der Waals surface area contributed by atoms with Crippen LogP contribution in [0.25, 0.3) is 11.0 Å². The normalized spacial score (nSPS) is 11.0. The molecule has 0 spiro atoms. The molecule has 0 unspecified atom stereocenters. The molecule has 4 nitrogen and oxygen atoms in total. The Balaban J connectivity index is 2.01. The fourth-order valence-corrected chi connectivity index (χ4v) is 2.63. The number of ether oxygens (including phenoxy) is 1. The van der Waals surface area contributed by atoms with E-state index in [1.165, 1.54) is 5.56 Å². The minimum atomic E-state index is 0.732. The number of aromatic nitrogens is 2. The van der Waals surface area contributed by atoms with E-state index in [0.717, 1.165) is 41.3 Å². The molecule has 21 heavy (non-hydrogen) atoms. The Morgan fingerprint density at radius 2 is 1.90 bits per heavy atom. The number of para-hydroxylation sites is 1. The highest BCUT2D eigenvalue weighted by Gasteiger charge is 2.11. The predicted molar refractivity (Wildman–Crippen MR) is 85.6 cm³/mol. The average molecular weight is 281 g/mol. The maximum absolute atomic E-state index is 6.03. The number of nitrogens with zero attached hydrogens (tertiary/aromatic N) is 2. The van der Waals surface area contributed by atoms with Crippen LogP contribution in [0.5, 0.6) is 5.75 Å². The summed E-state index contributed by atoms with van der Waals surface area (Å²) in [5.41, 5.74) is 9.96. The molecular weight excluding hydrogens is 262 g/mol. The van der Waals surface area contributed by atoms with Crippen molar-refractivity contribution < 1.29 is 4.74 Å². The van der Waals surface area contributed by atoms with Crippen molar-refractivity contribution >= 4 is 16.7 Å². The van der Waals surface area contributed by atoms with Crippen molar-refractivity contribution in [3.05, 3.63) is 53.9 Å². The quantitative estimate of drug-likeness (QED) is 0.747. The molecule has 0 aliphatic carbocycles. The van der Waals surface area contributed by atoms with Crippen LogP contribution in [0.15, 0.2) is 42.5 Å². The van der Waals surface area contributed by atoms with Crippen LogP contribution in [0.3, 0.4) is 0 Å². The van der Waals surface area contributed by atoms with Crippen molar-refractivity contribution in [2.75, 3.05) is 12.8 Å². The zero-order valence-electron chi connectivity index (χ0n) is 12.3. The Bertz CT molecular complexity index is 760. The lowest BCUT2D eigenvalue weighted by atomic mass is 10.1. The molecule has 1 heterocycles. The first kappa shape index (κ1) is 13.5. The van der Waals surface area contributed by atoms with Crippen LogP contribution in [0.4, 0.5) is 5.69 Å².